The molecule has 2 aliphatic rings. The Hall–Kier alpha value is -4.08. The summed E-state index contributed by atoms with van der Waals surface area (Å²) in [6, 6.07) is 18.9. The Morgan fingerprint density at radius 1 is 0.884 bits per heavy atom. The average molecular weight is 646 g/mol. The summed E-state index contributed by atoms with van der Waals surface area (Å²) in [5.74, 6) is -1.13. The Kier molecular flexibility index (Phi) is 8.81. The van der Waals surface area contributed by atoms with Gasteiger partial charge in [-0.05, 0) is 17.7 Å². The molecule has 1 aromatic heterocycles. The number of hydrogen-bond acceptors (Lipinski definition) is 6. The average Bonchev–Trinajstić information content (AvgIpc) is 3.53. The van der Waals surface area contributed by atoms with Crippen molar-refractivity contribution in [3.8, 4) is 0 Å². The van der Waals surface area contributed by atoms with E-state index in [4.69, 9.17) is 4.74 Å². The van der Waals surface area contributed by atoms with Crippen molar-refractivity contribution < 1.29 is 23.5 Å². The Morgan fingerprint density at radius 3 is 2.49 bits per heavy atom. The van der Waals surface area contributed by atoms with Crippen LogP contribution in [0.3, 0.4) is 0 Å². The number of amides is 2. The van der Waals surface area contributed by atoms with E-state index in [0.29, 0.717) is 59.4 Å². The van der Waals surface area contributed by atoms with E-state index in [0.717, 1.165) is 36.4 Å². The zero-order chi connectivity index (χ0) is 29.8. The second-order valence-corrected chi connectivity index (χ2v) is 12.5. The Balaban J connectivity index is 1.14. The Labute approximate surface area is 255 Å². The van der Waals surface area contributed by atoms with Crippen LogP contribution in [0.4, 0.5) is 21.5 Å². The molecule has 1 fully saturated rings. The van der Waals surface area contributed by atoms with Gasteiger partial charge in [0, 0.05) is 37.3 Å². The molecule has 3 aromatic carbocycles. The summed E-state index contributed by atoms with van der Waals surface area (Å²) >= 11 is -0.0491. The number of ketones is 1. The van der Waals surface area contributed by atoms with Gasteiger partial charge in [0.25, 0.3) is 5.91 Å². The number of ether oxygens (including phenoxy) is 1. The minimum absolute atomic E-state index is 0.0491. The number of anilines is 3. The molecule has 10 heteroatoms. The molecule has 6 rings (SSSR count). The molecule has 0 atom stereocenters. The molecule has 220 valence electrons. The summed E-state index contributed by atoms with van der Waals surface area (Å²) in [5, 5.41) is 8.91. The molecule has 0 bridgehead atoms. The molecule has 2 amide bonds. The van der Waals surface area contributed by atoms with Crippen molar-refractivity contribution in [2.75, 3.05) is 50.0 Å². The van der Waals surface area contributed by atoms with E-state index in [2.05, 4.69) is 20.9 Å². The molecule has 1 aliphatic carbocycles. The molecule has 0 unspecified atom stereocenters. The summed E-state index contributed by atoms with van der Waals surface area (Å²) < 4.78 is 20.5. The van der Waals surface area contributed by atoms with Crippen molar-refractivity contribution in [1.29, 1.82) is 0 Å². The van der Waals surface area contributed by atoms with Crippen LogP contribution in [-0.4, -0.2) is 76.4 Å². The third kappa shape index (κ3) is 6.78. The molecule has 0 radical (unpaired) electrons. The van der Waals surface area contributed by atoms with Crippen LogP contribution in [0.5, 0.6) is 0 Å². The van der Waals surface area contributed by atoms with Gasteiger partial charge in [-0.25, -0.2) is 0 Å². The number of nitrogens with zero attached hydrogens (tertiary/aromatic N) is 1. The Bertz CT molecular complexity index is 1670. The number of rotatable bonds is 8. The molecule has 0 saturated carbocycles. The van der Waals surface area contributed by atoms with Crippen LogP contribution in [0, 0.1) is 5.82 Å². The summed E-state index contributed by atoms with van der Waals surface area (Å²) in [4.78, 5) is 43.2. The van der Waals surface area contributed by atoms with E-state index < -0.39 is 5.82 Å². The number of halogens is 1. The predicted molar refractivity (Wildman–Crippen MR) is 164 cm³/mol. The molecule has 1 aliphatic heterocycles. The molecular weight excluding hydrogens is 614 g/mol. The number of hydrogen-bond donors (Lipinski definition) is 3. The SMILES string of the molecule is O=C(NCCN1CCOCC1)c1ccc2c(c1)C(=O)c1ccc(Nc3ccc(F)c(NC(=O)c4ccc[se]4)c3)cc1CC2. The van der Waals surface area contributed by atoms with E-state index in [1.165, 1.54) is 6.07 Å². The quantitative estimate of drug-likeness (QED) is 0.248. The number of morpholine rings is 1. The standard InChI is InChI=1S/C33H31FN4O4Se/c34-28-10-8-25(20-29(28)37-33(41)30-2-1-17-43-30)36-24-7-9-26-22(18-24)5-3-21-4-6-23(19-27(21)31(26)39)32(40)35-11-12-38-13-15-42-16-14-38/h1-2,4,6-10,17-20,36H,3,5,11-16H2,(H,35,40)(H,37,41). The van der Waals surface area contributed by atoms with E-state index in [9.17, 15) is 18.8 Å². The fraction of sp³-hybridized carbons (Fsp3) is 0.242. The Morgan fingerprint density at radius 2 is 1.67 bits per heavy atom. The topological polar surface area (TPSA) is 99.8 Å². The summed E-state index contributed by atoms with van der Waals surface area (Å²) in [5.41, 5.74) is 4.86. The van der Waals surface area contributed by atoms with Gasteiger partial charge in [0.05, 0.1) is 13.2 Å². The van der Waals surface area contributed by atoms with Crippen LogP contribution in [-0.2, 0) is 17.6 Å². The first kappa shape index (κ1) is 29.0. The van der Waals surface area contributed by atoms with Gasteiger partial charge >= 0.3 is 151 Å². The first-order valence-electron chi connectivity index (χ1n) is 14.2. The van der Waals surface area contributed by atoms with Crippen LogP contribution < -0.4 is 16.0 Å². The number of carbonyl (C=O) groups excluding carboxylic acids is 3. The van der Waals surface area contributed by atoms with Crippen molar-refractivity contribution in [2.45, 2.75) is 12.8 Å². The first-order valence-corrected chi connectivity index (χ1v) is 16.1. The van der Waals surface area contributed by atoms with Crippen molar-refractivity contribution in [1.82, 2.24) is 10.2 Å². The maximum absolute atomic E-state index is 14.5. The zero-order valence-corrected chi connectivity index (χ0v) is 25.2. The second kappa shape index (κ2) is 13.1. The summed E-state index contributed by atoms with van der Waals surface area (Å²) in [6.07, 6.45) is 1.32. The van der Waals surface area contributed by atoms with Crippen LogP contribution >= 0.6 is 0 Å². The second-order valence-electron chi connectivity index (χ2n) is 10.5. The molecule has 1 saturated heterocycles. The van der Waals surface area contributed by atoms with Crippen LogP contribution in [0.2, 0.25) is 0 Å². The van der Waals surface area contributed by atoms with Gasteiger partial charge in [-0.1, -0.05) is 6.07 Å². The first-order chi connectivity index (χ1) is 20.9. The number of nitrogens with one attached hydrogen (secondary N) is 3. The van der Waals surface area contributed by atoms with Gasteiger partial charge in [0.1, 0.15) is 0 Å². The van der Waals surface area contributed by atoms with Crippen molar-refractivity contribution in [3.63, 3.8) is 0 Å². The van der Waals surface area contributed by atoms with Crippen molar-refractivity contribution in [2.24, 2.45) is 0 Å². The summed E-state index contributed by atoms with van der Waals surface area (Å²) in [7, 11) is 0. The molecule has 0 spiro atoms. The van der Waals surface area contributed by atoms with Gasteiger partial charge < -0.3 is 10.1 Å². The van der Waals surface area contributed by atoms with Gasteiger partial charge in [-0.2, -0.15) is 0 Å². The third-order valence-corrected chi connectivity index (χ3v) is 9.52. The van der Waals surface area contributed by atoms with E-state index in [-0.39, 0.29) is 37.8 Å². The predicted octanol–water partition coefficient (Wildman–Crippen LogP) is 4.27. The molecule has 2 heterocycles. The van der Waals surface area contributed by atoms with Crippen LogP contribution in [0.15, 0.2) is 71.7 Å². The van der Waals surface area contributed by atoms with Gasteiger partial charge in [0.15, 0.2) is 0 Å². The molecular formula is C33H31FN4O4Se. The molecule has 43 heavy (non-hydrogen) atoms. The fourth-order valence-electron chi connectivity index (χ4n) is 5.37. The van der Waals surface area contributed by atoms with E-state index in [1.807, 2.05) is 29.2 Å². The zero-order valence-electron chi connectivity index (χ0n) is 23.5. The summed E-state index contributed by atoms with van der Waals surface area (Å²) in [6.45, 7) is 4.43. The number of fused-ring (bicyclic) bond motifs is 2. The van der Waals surface area contributed by atoms with E-state index in [1.54, 1.807) is 36.4 Å². The molecule has 4 aromatic rings. The molecule has 3 N–H and O–H groups in total. The van der Waals surface area contributed by atoms with Crippen LogP contribution in [0.25, 0.3) is 0 Å². The van der Waals surface area contributed by atoms with E-state index >= 15 is 0 Å². The normalized spacial score (nSPS) is 14.8. The van der Waals surface area contributed by atoms with Crippen molar-refractivity contribution in [3.05, 3.63) is 110 Å². The van der Waals surface area contributed by atoms with Gasteiger partial charge in [-0.15, -0.1) is 0 Å². The fourth-order valence-corrected chi connectivity index (χ4v) is 6.67. The third-order valence-electron chi connectivity index (χ3n) is 7.70. The van der Waals surface area contributed by atoms with Gasteiger partial charge in [0.2, 0.25) is 0 Å². The van der Waals surface area contributed by atoms with Crippen LogP contribution in [0.1, 0.15) is 46.6 Å². The maximum atomic E-state index is 14.5. The molecule has 8 nitrogen and oxygen atoms in total. The van der Waals surface area contributed by atoms with Gasteiger partial charge in [-0.3, -0.25) is 14.5 Å². The number of benzene rings is 3. The van der Waals surface area contributed by atoms with Crippen molar-refractivity contribution >= 4 is 49.2 Å². The minimum atomic E-state index is -0.520. The number of carbonyl (C=O) groups is 3. The monoisotopic (exact) mass is 646 g/mol. The number of aryl methyl sites for hydroxylation is 2.